The quantitative estimate of drug-likeness (QED) is 0.640. The summed E-state index contributed by atoms with van der Waals surface area (Å²) in [4.78, 5) is 25.2. The number of likely N-dealkylation sites (tertiary alicyclic amines) is 1. The number of ether oxygens (including phenoxy) is 1. The van der Waals surface area contributed by atoms with E-state index < -0.39 is 17.3 Å². The molecule has 0 radical (unpaired) electrons. The van der Waals surface area contributed by atoms with Crippen LogP contribution in [0.25, 0.3) is 0 Å². The summed E-state index contributed by atoms with van der Waals surface area (Å²) in [6.07, 6.45) is 1.75. The van der Waals surface area contributed by atoms with E-state index >= 15 is 0 Å². The maximum Gasteiger partial charge on any atom is 0.324 e. The second-order valence-corrected chi connectivity index (χ2v) is 4.93. The van der Waals surface area contributed by atoms with Crippen molar-refractivity contribution in [1.82, 2.24) is 10.2 Å². The molecule has 0 aromatic rings. The van der Waals surface area contributed by atoms with Gasteiger partial charge in [0.1, 0.15) is 0 Å². The summed E-state index contributed by atoms with van der Waals surface area (Å²) in [7, 11) is 2.04. The predicted octanol–water partition coefficient (Wildman–Crippen LogP) is -0.702. The van der Waals surface area contributed by atoms with E-state index in [4.69, 9.17) is 9.84 Å². The summed E-state index contributed by atoms with van der Waals surface area (Å²) in [5, 5.41) is 11.9. The van der Waals surface area contributed by atoms with Crippen LogP contribution in [0.4, 0.5) is 0 Å². The molecule has 0 unspecified atom stereocenters. The van der Waals surface area contributed by atoms with Crippen molar-refractivity contribution < 1.29 is 19.4 Å². The van der Waals surface area contributed by atoms with Gasteiger partial charge in [0.05, 0.1) is 13.2 Å². The van der Waals surface area contributed by atoms with Gasteiger partial charge in [0.25, 0.3) is 0 Å². The second-order valence-electron chi connectivity index (χ2n) is 4.93. The second kappa shape index (κ2) is 4.62. The van der Waals surface area contributed by atoms with E-state index in [1.54, 1.807) is 0 Å². The standard InChI is InChI=1S/C11H18N2O4/c1-13-4-2-8(3-5-13)12-9(14)11(10(15)16)6-17-7-11/h8H,2-7H2,1H3,(H,12,14)(H,15,16). The first kappa shape index (κ1) is 12.3. The van der Waals surface area contributed by atoms with Gasteiger partial charge in [-0.1, -0.05) is 0 Å². The van der Waals surface area contributed by atoms with Gasteiger partial charge in [-0.05, 0) is 33.0 Å². The number of carboxylic acid groups (broad SMARTS) is 1. The molecule has 0 aromatic heterocycles. The highest BCUT2D eigenvalue weighted by Gasteiger charge is 2.53. The van der Waals surface area contributed by atoms with Crippen molar-refractivity contribution in [2.75, 3.05) is 33.4 Å². The highest BCUT2D eigenvalue weighted by Crippen LogP contribution is 2.28. The molecule has 2 saturated heterocycles. The number of rotatable bonds is 3. The maximum absolute atomic E-state index is 12.0. The molecule has 0 saturated carbocycles. The molecule has 2 heterocycles. The lowest BCUT2D eigenvalue weighted by molar-refractivity contribution is -0.185. The Labute approximate surface area is 99.9 Å². The first-order valence-electron chi connectivity index (χ1n) is 5.85. The monoisotopic (exact) mass is 242 g/mol. The van der Waals surface area contributed by atoms with Crippen molar-refractivity contribution in [3.05, 3.63) is 0 Å². The molecule has 6 heteroatoms. The van der Waals surface area contributed by atoms with Crippen LogP contribution in [0.3, 0.4) is 0 Å². The topological polar surface area (TPSA) is 78.9 Å². The molecule has 0 atom stereocenters. The van der Waals surface area contributed by atoms with Crippen LogP contribution in [0.2, 0.25) is 0 Å². The Bertz CT molecular complexity index is 319. The summed E-state index contributed by atoms with van der Waals surface area (Å²) >= 11 is 0. The number of carboxylic acids is 1. The maximum atomic E-state index is 12.0. The number of hydrogen-bond donors (Lipinski definition) is 2. The lowest BCUT2D eigenvalue weighted by atomic mass is 9.84. The molecule has 0 aliphatic carbocycles. The molecule has 17 heavy (non-hydrogen) atoms. The van der Waals surface area contributed by atoms with Crippen LogP contribution in [0.15, 0.2) is 0 Å². The number of carbonyl (C=O) groups excluding carboxylic acids is 1. The third kappa shape index (κ3) is 2.28. The van der Waals surface area contributed by atoms with Gasteiger partial charge in [-0.15, -0.1) is 0 Å². The van der Waals surface area contributed by atoms with Gasteiger partial charge in [0.2, 0.25) is 5.91 Å². The number of carbonyl (C=O) groups is 2. The van der Waals surface area contributed by atoms with Gasteiger partial charge in [-0.3, -0.25) is 9.59 Å². The Kier molecular flexibility index (Phi) is 3.35. The summed E-state index contributed by atoms with van der Waals surface area (Å²) in [5.74, 6) is -1.49. The Hall–Kier alpha value is -1.14. The van der Waals surface area contributed by atoms with Crippen molar-refractivity contribution in [2.45, 2.75) is 18.9 Å². The molecule has 2 rings (SSSR count). The van der Waals surface area contributed by atoms with Crippen molar-refractivity contribution in [3.63, 3.8) is 0 Å². The van der Waals surface area contributed by atoms with Crippen LogP contribution in [0.1, 0.15) is 12.8 Å². The third-order valence-corrected chi connectivity index (χ3v) is 3.59. The van der Waals surface area contributed by atoms with Gasteiger partial charge in [-0.25, -0.2) is 0 Å². The molecule has 2 aliphatic heterocycles. The molecule has 0 spiro atoms. The average molecular weight is 242 g/mol. The first-order chi connectivity index (χ1) is 8.04. The minimum Gasteiger partial charge on any atom is -0.480 e. The Morgan fingerprint density at radius 1 is 1.35 bits per heavy atom. The Morgan fingerprint density at radius 3 is 2.35 bits per heavy atom. The van der Waals surface area contributed by atoms with Crippen molar-refractivity contribution >= 4 is 11.9 Å². The number of piperidine rings is 1. The number of nitrogens with zero attached hydrogens (tertiary/aromatic N) is 1. The van der Waals surface area contributed by atoms with Crippen LogP contribution in [0, 0.1) is 5.41 Å². The van der Waals surface area contributed by atoms with Crippen molar-refractivity contribution in [2.24, 2.45) is 5.41 Å². The highest BCUT2D eigenvalue weighted by atomic mass is 16.5. The fraction of sp³-hybridized carbons (Fsp3) is 0.818. The van der Waals surface area contributed by atoms with Gasteiger partial charge in [0.15, 0.2) is 5.41 Å². The normalized spacial score (nSPS) is 25.0. The zero-order valence-electron chi connectivity index (χ0n) is 9.94. The lowest BCUT2D eigenvalue weighted by Gasteiger charge is -2.38. The molecule has 0 aromatic carbocycles. The van der Waals surface area contributed by atoms with Gasteiger partial charge in [-0.2, -0.15) is 0 Å². The molecule has 96 valence electrons. The molecular formula is C11H18N2O4. The summed E-state index contributed by atoms with van der Waals surface area (Å²) < 4.78 is 4.88. The van der Waals surface area contributed by atoms with Crippen molar-refractivity contribution in [1.29, 1.82) is 0 Å². The summed E-state index contributed by atoms with van der Waals surface area (Å²) in [6, 6.07) is 0.0931. The minimum atomic E-state index is -1.34. The average Bonchev–Trinajstić information content (AvgIpc) is 2.19. The van der Waals surface area contributed by atoms with Crippen LogP contribution >= 0.6 is 0 Å². The number of nitrogens with one attached hydrogen (secondary N) is 1. The predicted molar refractivity (Wildman–Crippen MR) is 59.5 cm³/mol. The largest absolute Gasteiger partial charge is 0.480 e. The molecule has 1 amide bonds. The summed E-state index contributed by atoms with van der Waals surface area (Å²) in [6.45, 7) is 1.84. The van der Waals surface area contributed by atoms with Crippen LogP contribution < -0.4 is 5.32 Å². The van der Waals surface area contributed by atoms with E-state index in [2.05, 4.69) is 10.2 Å². The minimum absolute atomic E-state index is 0.0131. The zero-order chi connectivity index (χ0) is 12.5. The van der Waals surface area contributed by atoms with Gasteiger partial charge in [0, 0.05) is 6.04 Å². The van der Waals surface area contributed by atoms with E-state index in [0.29, 0.717) is 0 Å². The van der Waals surface area contributed by atoms with E-state index in [-0.39, 0.29) is 19.3 Å². The fourth-order valence-electron chi connectivity index (χ4n) is 2.13. The molecular weight excluding hydrogens is 224 g/mol. The zero-order valence-corrected chi connectivity index (χ0v) is 9.94. The van der Waals surface area contributed by atoms with E-state index in [1.807, 2.05) is 7.05 Å². The number of amides is 1. The summed E-state index contributed by atoms with van der Waals surface area (Å²) in [5.41, 5.74) is -1.34. The molecule has 2 aliphatic rings. The smallest absolute Gasteiger partial charge is 0.324 e. The number of aliphatic carboxylic acids is 1. The number of hydrogen-bond acceptors (Lipinski definition) is 4. The van der Waals surface area contributed by atoms with Crippen LogP contribution in [-0.2, 0) is 14.3 Å². The van der Waals surface area contributed by atoms with E-state index in [9.17, 15) is 9.59 Å². The SMILES string of the molecule is CN1CCC(NC(=O)C2(C(=O)O)COC2)CC1. The van der Waals surface area contributed by atoms with Crippen molar-refractivity contribution in [3.8, 4) is 0 Å². The van der Waals surface area contributed by atoms with Crippen LogP contribution in [0.5, 0.6) is 0 Å². The molecule has 0 bridgehead atoms. The van der Waals surface area contributed by atoms with Gasteiger partial charge >= 0.3 is 5.97 Å². The lowest BCUT2D eigenvalue weighted by Crippen LogP contribution is -2.61. The molecule has 6 nitrogen and oxygen atoms in total. The fourth-order valence-corrected chi connectivity index (χ4v) is 2.13. The third-order valence-electron chi connectivity index (χ3n) is 3.59. The van der Waals surface area contributed by atoms with E-state index in [0.717, 1.165) is 25.9 Å². The van der Waals surface area contributed by atoms with Gasteiger partial charge < -0.3 is 20.1 Å². The van der Waals surface area contributed by atoms with Crippen LogP contribution in [-0.4, -0.2) is 61.3 Å². The Morgan fingerprint density at radius 2 is 1.94 bits per heavy atom. The first-order valence-corrected chi connectivity index (χ1v) is 5.85. The highest BCUT2D eigenvalue weighted by molar-refractivity contribution is 6.03. The van der Waals surface area contributed by atoms with E-state index in [1.165, 1.54) is 0 Å². The molecule has 2 fully saturated rings. The Balaban J connectivity index is 1.90. The molecule has 2 N–H and O–H groups in total.